The second-order valence-corrected chi connectivity index (χ2v) is 6.36. The van der Waals surface area contributed by atoms with Crippen LogP contribution in [0.4, 0.5) is 5.69 Å². The van der Waals surface area contributed by atoms with E-state index in [1.807, 2.05) is 6.07 Å². The number of carbonyl (C=O) groups excluding carboxylic acids is 1. The fraction of sp³-hybridized carbons (Fsp3) is 0. The quantitative estimate of drug-likeness (QED) is 0.513. The van der Waals surface area contributed by atoms with E-state index < -0.39 is 0 Å². The Hall–Kier alpha value is -4.82. The van der Waals surface area contributed by atoms with Gasteiger partial charge in [0.25, 0.3) is 0 Å². The number of nitriles is 2. The summed E-state index contributed by atoms with van der Waals surface area (Å²) in [5.41, 5.74) is 7.25. The van der Waals surface area contributed by atoms with Crippen LogP contribution in [-0.2, 0) is 0 Å². The summed E-state index contributed by atoms with van der Waals surface area (Å²) in [6.07, 6.45) is 0. The first kappa shape index (κ1) is 18.5. The van der Waals surface area contributed by atoms with Crippen molar-refractivity contribution < 1.29 is 4.79 Å². The second kappa shape index (κ2) is 7.30. The number of hydrogen-bond donors (Lipinski definition) is 2. The number of nitrogens with two attached hydrogens (primary N) is 1. The molecule has 2 heterocycles. The molecule has 8 heteroatoms. The van der Waals surface area contributed by atoms with Crippen LogP contribution >= 0.6 is 0 Å². The maximum absolute atomic E-state index is 13.1. The Morgan fingerprint density at radius 3 is 2.43 bits per heavy atom. The Bertz CT molecular complexity index is 1410. The number of hydrogen-bond acceptors (Lipinski definition) is 7. The molecule has 0 saturated carbocycles. The van der Waals surface area contributed by atoms with E-state index >= 15 is 0 Å². The monoisotopic (exact) mass is 391 g/mol. The zero-order valence-electron chi connectivity index (χ0n) is 15.5. The second-order valence-electron chi connectivity index (χ2n) is 6.36. The van der Waals surface area contributed by atoms with E-state index in [0.717, 1.165) is 0 Å². The normalized spacial score (nSPS) is 10.3. The number of nitrogens with one attached hydrogen (secondary N) is 1. The first-order valence-corrected chi connectivity index (χ1v) is 8.82. The van der Waals surface area contributed by atoms with Gasteiger partial charge < -0.3 is 5.73 Å². The van der Waals surface area contributed by atoms with Crippen LogP contribution in [0.5, 0.6) is 0 Å². The zero-order chi connectivity index (χ0) is 21.3. The summed E-state index contributed by atoms with van der Waals surface area (Å²) in [5, 5.41) is 31.3. The molecule has 0 bridgehead atoms. The summed E-state index contributed by atoms with van der Waals surface area (Å²) in [7, 11) is 0. The Kier molecular flexibility index (Phi) is 4.51. The SMILES string of the molecule is N#Cc1ccccc1-n1nc(C(=O)c2ccccc2)cc2c(N)c(C#N)c(=N)nc1-2. The summed E-state index contributed by atoms with van der Waals surface area (Å²) in [5.74, 6) is -0.183. The van der Waals surface area contributed by atoms with Crippen LogP contribution in [0.15, 0.2) is 60.7 Å². The maximum Gasteiger partial charge on any atom is 0.213 e. The van der Waals surface area contributed by atoms with Crippen molar-refractivity contribution in [2.24, 2.45) is 0 Å². The highest BCUT2D eigenvalue weighted by Crippen LogP contribution is 2.30. The van der Waals surface area contributed by atoms with Gasteiger partial charge in [0.1, 0.15) is 23.4 Å². The van der Waals surface area contributed by atoms with Gasteiger partial charge in [0.2, 0.25) is 5.78 Å². The van der Waals surface area contributed by atoms with Crippen molar-refractivity contribution in [1.29, 1.82) is 15.9 Å². The lowest BCUT2D eigenvalue weighted by Gasteiger charge is -2.18. The fourth-order valence-electron chi connectivity index (χ4n) is 3.11. The fourth-order valence-corrected chi connectivity index (χ4v) is 3.11. The van der Waals surface area contributed by atoms with Crippen LogP contribution in [0.1, 0.15) is 27.2 Å². The average Bonchev–Trinajstić information content (AvgIpc) is 2.79. The minimum Gasteiger partial charge on any atom is -0.397 e. The molecule has 2 aromatic rings. The number of pyridine rings is 1. The molecule has 2 aromatic carbocycles. The van der Waals surface area contributed by atoms with Crippen molar-refractivity contribution in [2.45, 2.75) is 0 Å². The van der Waals surface area contributed by atoms with Gasteiger partial charge in [-0.25, -0.2) is 9.67 Å². The third kappa shape index (κ3) is 2.95. The summed E-state index contributed by atoms with van der Waals surface area (Å²) >= 11 is 0. The van der Waals surface area contributed by atoms with Gasteiger partial charge in [-0.05, 0) is 18.2 Å². The lowest BCUT2D eigenvalue weighted by atomic mass is 10.0. The van der Waals surface area contributed by atoms with Crippen molar-refractivity contribution >= 4 is 11.5 Å². The van der Waals surface area contributed by atoms with Crippen LogP contribution in [0.3, 0.4) is 0 Å². The number of nitrogen functional groups attached to an aromatic ring is 1. The number of anilines is 1. The zero-order valence-corrected chi connectivity index (χ0v) is 15.5. The van der Waals surface area contributed by atoms with E-state index in [4.69, 9.17) is 11.1 Å². The van der Waals surface area contributed by atoms with Gasteiger partial charge in [-0.1, -0.05) is 42.5 Å². The van der Waals surface area contributed by atoms with Crippen molar-refractivity contribution in [1.82, 2.24) is 14.8 Å². The number of aromatic nitrogens is 3. The van der Waals surface area contributed by atoms with Gasteiger partial charge in [-0.3, -0.25) is 10.2 Å². The third-order valence-electron chi connectivity index (χ3n) is 4.58. The molecule has 0 spiro atoms. The lowest BCUT2D eigenvalue weighted by Crippen LogP contribution is -2.22. The lowest BCUT2D eigenvalue weighted by molar-refractivity contribution is 0.103. The number of benzene rings is 2. The average molecular weight is 391 g/mol. The summed E-state index contributed by atoms with van der Waals surface area (Å²) in [6.45, 7) is 0. The van der Waals surface area contributed by atoms with Crippen LogP contribution in [-0.4, -0.2) is 20.5 Å². The largest absolute Gasteiger partial charge is 0.397 e. The third-order valence-corrected chi connectivity index (χ3v) is 4.58. The molecule has 0 aliphatic carbocycles. The van der Waals surface area contributed by atoms with Gasteiger partial charge in [0, 0.05) is 11.1 Å². The molecule has 2 aliphatic rings. The van der Waals surface area contributed by atoms with Crippen LogP contribution in [0.25, 0.3) is 17.1 Å². The Morgan fingerprint density at radius 2 is 1.73 bits per heavy atom. The van der Waals surface area contributed by atoms with Crippen LogP contribution in [0.2, 0.25) is 0 Å². The van der Waals surface area contributed by atoms with E-state index in [2.05, 4.69) is 16.2 Å². The minimum atomic E-state index is -0.353. The van der Waals surface area contributed by atoms with Crippen LogP contribution in [0, 0.1) is 28.1 Å². The standard InChI is InChI=1S/C22H13N7O/c23-11-14-8-4-5-9-18(14)29-22-15(19(25)16(12-24)21(26)27-22)10-17(28-29)20(30)13-6-2-1-3-7-13/h1-10,26H,25H2. The Morgan fingerprint density at radius 1 is 1.03 bits per heavy atom. The highest BCUT2D eigenvalue weighted by molar-refractivity contribution is 6.08. The molecule has 142 valence electrons. The molecule has 4 rings (SSSR count). The van der Waals surface area contributed by atoms with Crippen molar-refractivity contribution in [3.8, 4) is 29.2 Å². The smallest absolute Gasteiger partial charge is 0.213 e. The first-order chi connectivity index (χ1) is 14.5. The van der Waals surface area contributed by atoms with Crippen molar-refractivity contribution in [3.05, 3.63) is 88.5 Å². The van der Waals surface area contributed by atoms with Crippen molar-refractivity contribution in [3.63, 3.8) is 0 Å². The summed E-state index contributed by atoms with van der Waals surface area (Å²) in [6, 6.07) is 20.7. The molecular formula is C22H13N7O. The highest BCUT2D eigenvalue weighted by Gasteiger charge is 2.23. The summed E-state index contributed by atoms with van der Waals surface area (Å²) in [4.78, 5) is 17.2. The molecule has 0 aromatic heterocycles. The van der Waals surface area contributed by atoms with Gasteiger partial charge >= 0.3 is 0 Å². The van der Waals surface area contributed by atoms with E-state index in [1.54, 1.807) is 54.6 Å². The Labute approximate surface area is 170 Å². The van der Waals surface area contributed by atoms with Crippen molar-refractivity contribution in [2.75, 3.05) is 5.73 Å². The minimum absolute atomic E-state index is 0.0280. The molecular weight excluding hydrogens is 378 g/mol. The molecule has 0 unspecified atom stereocenters. The van der Waals surface area contributed by atoms with E-state index in [9.17, 15) is 15.3 Å². The van der Waals surface area contributed by atoms with Gasteiger partial charge in [0.05, 0.1) is 16.9 Å². The molecule has 0 fully saturated rings. The Balaban J connectivity index is 2.10. The first-order valence-electron chi connectivity index (χ1n) is 8.82. The number of ketones is 1. The number of rotatable bonds is 3. The number of para-hydroxylation sites is 1. The molecule has 3 N–H and O–H groups in total. The predicted molar refractivity (Wildman–Crippen MR) is 108 cm³/mol. The molecule has 0 amide bonds. The molecule has 0 saturated heterocycles. The topological polar surface area (TPSA) is 145 Å². The predicted octanol–water partition coefficient (Wildman–Crippen LogP) is 2.41. The van der Waals surface area contributed by atoms with Gasteiger partial charge in [-0.2, -0.15) is 15.6 Å². The number of nitrogens with zero attached hydrogens (tertiary/aromatic N) is 5. The highest BCUT2D eigenvalue weighted by atomic mass is 16.1. The molecule has 0 atom stereocenters. The number of fused-ring (bicyclic) bond motifs is 1. The number of carbonyl (C=O) groups is 1. The van der Waals surface area contributed by atoms with Gasteiger partial charge in [-0.15, -0.1) is 0 Å². The molecule has 30 heavy (non-hydrogen) atoms. The van der Waals surface area contributed by atoms with Crippen LogP contribution < -0.4 is 11.2 Å². The van der Waals surface area contributed by atoms with E-state index in [0.29, 0.717) is 22.4 Å². The summed E-state index contributed by atoms with van der Waals surface area (Å²) < 4.78 is 1.32. The molecule has 0 radical (unpaired) electrons. The van der Waals surface area contributed by atoms with E-state index in [1.165, 1.54) is 10.7 Å². The molecule has 2 aliphatic heterocycles. The van der Waals surface area contributed by atoms with E-state index in [-0.39, 0.29) is 34.0 Å². The van der Waals surface area contributed by atoms with Gasteiger partial charge in [0.15, 0.2) is 11.3 Å². The maximum atomic E-state index is 13.1. The molecule has 8 nitrogen and oxygen atoms in total.